The molecular weight excluding hydrogens is 116 g/mol. The summed E-state index contributed by atoms with van der Waals surface area (Å²) in [6.45, 7) is 3.77. The van der Waals surface area contributed by atoms with E-state index in [1.807, 2.05) is 13.8 Å². The Morgan fingerprint density at radius 2 is 2.22 bits per heavy atom. The first kappa shape index (κ1) is 6.33. The van der Waals surface area contributed by atoms with Gasteiger partial charge in [0.1, 0.15) is 6.10 Å². The second kappa shape index (κ2) is 2.21. The average Bonchev–Trinajstić information content (AvgIpc) is 1.83. The van der Waals surface area contributed by atoms with Crippen molar-refractivity contribution in [1.29, 1.82) is 0 Å². The molecule has 0 fully saturated rings. The van der Waals surface area contributed by atoms with Crippen LogP contribution in [0.5, 0.6) is 0 Å². The van der Waals surface area contributed by atoms with Gasteiger partial charge in [-0.2, -0.15) is 0 Å². The van der Waals surface area contributed by atoms with E-state index >= 15 is 0 Å². The van der Waals surface area contributed by atoms with Crippen molar-refractivity contribution in [2.75, 3.05) is 0 Å². The third-order valence-corrected chi connectivity index (χ3v) is 1.68. The maximum absolute atomic E-state index is 10.8. The summed E-state index contributed by atoms with van der Waals surface area (Å²) in [5, 5.41) is 0. The van der Waals surface area contributed by atoms with E-state index in [2.05, 4.69) is 0 Å². The second-order valence-corrected chi connectivity index (χ2v) is 2.33. The topological polar surface area (TPSA) is 26.3 Å². The minimum absolute atomic E-state index is 0.0231. The van der Waals surface area contributed by atoms with Gasteiger partial charge < -0.3 is 4.74 Å². The lowest BCUT2D eigenvalue weighted by Gasteiger charge is -2.20. The molecule has 0 spiro atoms. The third-order valence-electron chi connectivity index (χ3n) is 1.68. The maximum atomic E-state index is 10.8. The van der Waals surface area contributed by atoms with Crippen LogP contribution in [-0.2, 0) is 9.53 Å². The van der Waals surface area contributed by atoms with Gasteiger partial charge in [0.15, 0.2) is 5.78 Å². The molecule has 0 radical (unpaired) electrons. The Morgan fingerprint density at radius 3 is 2.67 bits per heavy atom. The maximum Gasteiger partial charge on any atom is 0.165 e. The van der Waals surface area contributed by atoms with Crippen LogP contribution in [-0.4, -0.2) is 11.9 Å². The summed E-state index contributed by atoms with van der Waals surface area (Å²) >= 11 is 0. The van der Waals surface area contributed by atoms with Gasteiger partial charge in [-0.3, -0.25) is 4.79 Å². The predicted molar refractivity (Wildman–Crippen MR) is 33.9 cm³/mol. The number of rotatable bonds is 0. The normalized spacial score (nSPS) is 34.2. The lowest BCUT2D eigenvalue weighted by Crippen LogP contribution is -2.26. The molecule has 1 rings (SSSR count). The fourth-order valence-corrected chi connectivity index (χ4v) is 0.731. The molecule has 0 amide bonds. The van der Waals surface area contributed by atoms with Crippen molar-refractivity contribution in [1.82, 2.24) is 0 Å². The summed E-state index contributed by atoms with van der Waals surface area (Å²) in [4.78, 5) is 10.8. The van der Waals surface area contributed by atoms with Crippen LogP contribution in [0.1, 0.15) is 13.8 Å². The molecule has 1 aliphatic heterocycles. The quantitative estimate of drug-likeness (QED) is 0.486. The molecule has 1 heterocycles. The molecule has 0 N–H and O–H groups in total. The van der Waals surface area contributed by atoms with Crippen molar-refractivity contribution in [3.63, 3.8) is 0 Å². The van der Waals surface area contributed by atoms with Crippen molar-refractivity contribution in [3.8, 4) is 0 Å². The highest BCUT2D eigenvalue weighted by Crippen LogP contribution is 2.13. The van der Waals surface area contributed by atoms with Gasteiger partial charge >= 0.3 is 0 Å². The smallest absolute Gasteiger partial charge is 0.165 e. The van der Waals surface area contributed by atoms with Crippen LogP contribution in [0.3, 0.4) is 0 Å². The molecule has 0 bridgehead atoms. The number of ketones is 1. The Balaban J connectivity index is 2.69. The summed E-state index contributed by atoms with van der Waals surface area (Å²) in [7, 11) is 0. The molecule has 0 aliphatic carbocycles. The fourth-order valence-electron chi connectivity index (χ4n) is 0.731. The van der Waals surface area contributed by atoms with Gasteiger partial charge in [-0.25, -0.2) is 0 Å². The molecule has 2 heteroatoms. The van der Waals surface area contributed by atoms with Crippen LogP contribution in [0.4, 0.5) is 0 Å². The molecule has 9 heavy (non-hydrogen) atoms. The predicted octanol–water partition coefficient (Wildman–Crippen LogP) is 1.12. The van der Waals surface area contributed by atoms with Crippen LogP contribution >= 0.6 is 0 Å². The Morgan fingerprint density at radius 1 is 1.56 bits per heavy atom. The molecule has 0 aromatic carbocycles. The standard InChI is InChI=1S/C7H10O2/c1-5-6(2)9-4-3-7(5)8/h3-6H,1-2H3. The van der Waals surface area contributed by atoms with Crippen molar-refractivity contribution >= 4 is 5.78 Å². The van der Waals surface area contributed by atoms with E-state index in [4.69, 9.17) is 4.74 Å². The first-order valence-electron chi connectivity index (χ1n) is 3.07. The van der Waals surface area contributed by atoms with E-state index in [-0.39, 0.29) is 17.8 Å². The van der Waals surface area contributed by atoms with Crippen molar-refractivity contribution in [2.45, 2.75) is 20.0 Å². The summed E-state index contributed by atoms with van der Waals surface area (Å²) in [6, 6.07) is 0. The van der Waals surface area contributed by atoms with Gasteiger partial charge in [-0.1, -0.05) is 6.92 Å². The Hall–Kier alpha value is -0.790. The van der Waals surface area contributed by atoms with Crippen LogP contribution in [0.25, 0.3) is 0 Å². The summed E-state index contributed by atoms with van der Waals surface area (Å²) < 4.78 is 5.06. The molecule has 0 aromatic rings. The lowest BCUT2D eigenvalue weighted by atomic mass is 9.99. The number of ether oxygens (including phenoxy) is 1. The minimum Gasteiger partial charge on any atom is -0.497 e. The minimum atomic E-state index is 0.0231. The zero-order chi connectivity index (χ0) is 6.85. The molecule has 0 saturated heterocycles. The van der Waals surface area contributed by atoms with Gasteiger partial charge in [-0.05, 0) is 6.92 Å². The largest absolute Gasteiger partial charge is 0.497 e. The van der Waals surface area contributed by atoms with Crippen LogP contribution in [0.15, 0.2) is 12.3 Å². The highest BCUT2D eigenvalue weighted by molar-refractivity contribution is 5.92. The molecule has 2 unspecified atom stereocenters. The molecule has 2 nitrogen and oxygen atoms in total. The fraction of sp³-hybridized carbons (Fsp3) is 0.571. The average molecular weight is 126 g/mol. The number of hydrogen-bond acceptors (Lipinski definition) is 2. The van der Waals surface area contributed by atoms with Crippen LogP contribution < -0.4 is 0 Å². The van der Waals surface area contributed by atoms with E-state index < -0.39 is 0 Å². The van der Waals surface area contributed by atoms with Crippen LogP contribution in [0.2, 0.25) is 0 Å². The third kappa shape index (κ3) is 1.12. The first-order valence-corrected chi connectivity index (χ1v) is 3.07. The second-order valence-electron chi connectivity index (χ2n) is 2.33. The van der Waals surface area contributed by atoms with Crippen molar-refractivity contribution in [2.24, 2.45) is 5.92 Å². The summed E-state index contributed by atoms with van der Waals surface area (Å²) in [5.41, 5.74) is 0. The monoisotopic (exact) mass is 126 g/mol. The molecule has 50 valence electrons. The van der Waals surface area contributed by atoms with Gasteiger partial charge in [-0.15, -0.1) is 0 Å². The number of carbonyl (C=O) groups excluding carboxylic acids is 1. The summed E-state index contributed by atoms with van der Waals surface area (Å²) in [6.07, 6.45) is 2.99. The highest BCUT2D eigenvalue weighted by Gasteiger charge is 2.21. The van der Waals surface area contributed by atoms with Gasteiger partial charge in [0, 0.05) is 6.08 Å². The summed E-state index contributed by atoms with van der Waals surface area (Å²) in [5.74, 6) is 0.184. The van der Waals surface area contributed by atoms with Crippen molar-refractivity contribution in [3.05, 3.63) is 12.3 Å². The van der Waals surface area contributed by atoms with Gasteiger partial charge in [0.25, 0.3) is 0 Å². The highest BCUT2D eigenvalue weighted by atomic mass is 16.5. The Labute approximate surface area is 54.5 Å². The van der Waals surface area contributed by atoms with Gasteiger partial charge in [0.2, 0.25) is 0 Å². The number of hydrogen-bond donors (Lipinski definition) is 0. The van der Waals surface area contributed by atoms with E-state index in [1.165, 1.54) is 12.3 Å². The molecule has 0 aromatic heterocycles. The van der Waals surface area contributed by atoms with E-state index in [0.29, 0.717) is 0 Å². The van der Waals surface area contributed by atoms with Gasteiger partial charge in [0.05, 0.1) is 12.2 Å². The van der Waals surface area contributed by atoms with E-state index in [9.17, 15) is 4.79 Å². The van der Waals surface area contributed by atoms with E-state index in [1.54, 1.807) is 0 Å². The lowest BCUT2D eigenvalue weighted by molar-refractivity contribution is -0.122. The zero-order valence-electron chi connectivity index (χ0n) is 5.63. The number of carbonyl (C=O) groups is 1. The molecular formula is C7H10O2. The molecule has 0 saturated carbocycles. The van der Waals surface area contributed by atoms with E-state index in [0.717, 1.165) is 0 Å². The first-order chi connectivity index (χ1) is 4.22. The van der Waals surface area contributed by atoms with Crippen LogP contribution in [0, 0.1) is 5.92 Å². The SMILES string of the molecule is CC1OC=CC(=O)C1C. The van der Waals surface area contributed by atoms with Crippen molar-refractivity contribution < 1.29 is 9.53 Å². The number of allylic oxidation sites excluding steroid dienone is 1. The zero-order valence-corrected chi connectivity index (χ0v) is 5.63. The molecule has 2 atom stereocenters. The molecule has 1 aliphatic rings. The Kier molecular flexibility index (Phi) is 1.56. The Bertz CT molecular complexity index is 149.